The second-order valence-corrected chi connectivity index (χ2v) is 3.06. The van der Waals surface area contributed by atoms with Gasteiger partial charge in [-0.2, -0.15) is 13.2 Å². The van der Waals surface area contributed by atoms with E-state index in [4.69, 9.17) is 11.6 Å². The zero-order valence-electron chi connectivity index (χ0n) is 7.78. The fourth-order valence-corrected chi connectivity index (χ4v) is 1.39. The molecule has 2 nitrogen and oxygen atoms in total. The second-order valence-electron chi connectivity index (χ2n) is 2.70. The molecule has 0 fully saturated rings. The van der Waals surface area contributed by atoms with Gasteiger partial charge in [-0.3, -0.25) is 0 Å². The number of hydrogen-bond donors (Lipinski definition) is 0. The molecule has 1 heterocycles. The first-order valence-corrected chi connectivity index (χ1v) is 4.24. The fraction of sp³-hybridized carbons (Fsp3) is 0.375. The second kappa shape index (κ2) is 4.40. The van der Waals surface area contributed by atoms with Gasteiger partial charge in [0, 0.05) is 0 Å². The molecule has 0 N–H and O–H groups in total. The number of rotatable bonds is 2. The Balaban J connectivity index is 3.55. The van der Waals surface area contributed by atoms with Gasteiger partial charge in [0.15, 0.2) is 0 Å². The third kappa shape index (κ3) is 2.34. The van der Waals surface area contributed by atoms with E-state index in [-0.39, 0.29) is 0 Å². The Morgan fingerprint density at radius 1 is 1.38 bits per heavy atom. The highest BCUT2D eigenvalue weighted by Crippen LogP contribution is 2.43. The molecule has 8 heteroatoms. The third-order valence-corrected chi connectivity index (χ3v) is 2.04. The zero-order chi connectivity index (χ0) is 12.5. The Morgan fingerprint density at radius 2 is 1.94 bits per heavy atom. The Hall–Kier alpha value is -1.11. The molecule has 0 atom stereocenters. The number of pyridine rings is 1. The van der Waals surface area contributed by atoms with Gasteiger partial charge in [0.2, 0.25) is 0 Å². The summed E-state index contributed by atoms with van der Waals surface area (Å²) >= 11 is 5.17. The Morgan fingerprint density at radius 3 is 2.31 bits per heavy atom. The van der Waals surface area contributed by atoms with Gasteiger partial charge in [-0.25, -0.2) is 13.8 Å². The van der Waals surface area contributed by atoms with Crippen LogP contribution in [0, 0.1) is 0 Å². The van der Waals surface area contributed by atoms with Crippen molar-refractivity contribution in [2.75, 3.05) is 7.11 Å². The van der Waals surface area contributed by atoms with Gasteiger partial charge in [0.05, 0.1) is 18.9 Å². The van der Waals surface area contributed by atoms with Gasteiger partial charge in [-0.15, -0.1) is 0 Å². The molecule has 0 bridgehead atoms. The number of methoxy groups -OCH3 is 1. The summed E-state index contributed by atoms with van der Waals surface area (Å²) in [5.74, 6) is -0.647. The molecule has 0 aliphatic rings. The zero-order valence-corrected chi connectivity index (χ0v) is 8.53. The Labute approximate surface area is 92.0 Å². The minimum absolute atomic E-state index is 0.647. The molecule has 16 heavy (non-hydrogen) atoms. The topological polar surface area (TPSA) is 22.1 Å². The van der Waals surface area contributed by atoms with Crippen molar-refractivity contribution in [2.45, 2.75) is 12.6 Å². The normalized spacial score (nSPS) is 12.0. The first-order valence-electron chi connectivity index (χ1n) is 3.86. The van der Waals surface area contributed by atoms with E-state index in [9.17, 15) is 22.0 Å². The highest BCUT2D eigenvalue weighted by Gasteiger charge is 2.40. The van der Waals surface area contributed by atoms with Crippen molar-refractivity contribution in [3.05, 3.63) is 22.5 Å². The van der Waals surface area contributed by atoms with Crippen LogP contribution < -0.4 is 4.74 Å². The van der Waals surface area contributed by atoms with Crippen LogP contribution in [0.4, 0.5) is 22.0 Å². The lowest BCUT2D eigenvalue weighted by atomic mass is 10.1. The monoisotopic (exact) mass is 261 g/mol. The number of halogens is 6. The van der Waals surface area contributed by atoms with E-state index in [0.29, 0.717) is 0 Å². The lowest BCUT2D eigenvalue weighted by Crippen LogP contribution is -2.13. The third-order valence-electron chi connectivity index (χ3n) is 1.76. The first kappa shape index (κ1) is 13.0. The number of hydrogen-bond acceptors (Lipinski definition) is 2. The average molecular weight is 262 g/mol. The summed E-state index contributed by atoms with van der Waals surface area (Å²) in [6, 6.07) is 0. The number of nitrogens with zero attached hydrogens (tertiary/aromatic N) is 1. The van der Waals surface area contributed by atoms with E-state index >= 15 is 0 Å². The minimum atomic E-state index is -5.01. The average Bonchev–Trinajstić information content (AvgIpc) is 2.15. The predicted octanol–water partition coefficient (Wildman–Crippen LogP) is 3.70. The Kier molecular flexibility index (Phi) is 3.57. The van der Waals surface area contributed by atoms with E-state index in [1.165, 1.54) is 0 Å². The summed E-state index contributed by atoms with van der Waals surface area (Å²) in [6.07, 6.45) is -7.64. The molecule has 0 aliphatic heterocycles. The minimum Gasteiger partial charge on any atom is -0.495 e. The van der Waals surface area contributed by atoms with Crippen LogP contribution in [0.2, 0.25) is 5.15 Å². The number of ether oxygens (including phenoxy) is 1. The van der Waals surface area contributed by atoms with Crippen molar-refractivity contribution in [3.63, 3.8) is 0 Å². The van der Waals surface area contributed by atoms with Crippen LogP contribution in [0.1, 0.15) is 17.6 Å². The van der Waals surface area contributed by atoms with Gasteiger partial charge in [-0.05, 0) is 0 Å². The molecular formula is C8H5ClF5NO. The van der Waals surface area contributed by atoms with Crippen molar-refractivity contribution in [2.24, 2.45) is 0 Å². The molecule has 0 amide bonds. The lowest BCUT2D eigenvalue weighted by molar-refractivity contribution is -0.139. The fourth-order valence-electron chi connectivity index (χ4n) is 1.13. The van der Waals surface area contributed by atoms with Crippen LogP contribution in [-0.4, -0.2) is 12.1 Å². The molecule has 1 aromatic rings. The highest BCUT2D eigenvalue weighted by atomic mass is 35.5. The molecule has 0 aliphatic carbocycles. The van der Waals surface area contributed by atoms with Crippen LogP contribution >= 0.6 is 11.6 Å². The molecule has 0 radical (unpaired) electrons. The predicted molar refractivity (Wildman–Crippen MR) is 45.8 cm³/mol. The largest absolute Gasteiger partial charge is 0.495 e. The van der Waals surface area contributed by atoms with Crippen molar-refractivity contribution in [1.82, 2.24) is 4.98 Å². The van der Waals surface area contributed by atoms with Crippen LogP contribution in [0.25, 0.3) is 0 Å². The lowest BCUT2D eigenvalue weighted by Gasteiger charge is -2.16. The van der Waals surface area contributed by atoms with Crippen LogP contribution in [0.15, 0.2) is 6.20 Å². The maximum atomic E-state index is 12.5. The van der Waals surface area contributed by atoms with E-state index in [1.807, 2.05) is 0 Å². The van der Waals surface area contributed by atoms with E-state index in [0.717, 1.165) is 13.3 Å². The summed E-state index contributed by atoms with van der Waals surface area (Å²) in [5, 5.41) is -1.02. The summed E-state index contributed by atoms with van der Waals surface area (Å²) in [5.41, 5.74) is -2.96. The SMILES string of the molecule is COc1cnc(Cl)c(C(F)(F)F)c1C(F)F. The smallest absolute Gasteiger partial charge is 0.419 e. The van der Waals surface area contributed by atoms with Gasteiger partial charge >= 0.3 is 6.18 Å². The molecule has 0 unspecified atom stereocenters. The number of alkyl halides is 5. The molecule has 1 aromatic heterocycles. The van der Waals surface area contributed by atoms with Crippen molar-refractivity contribution in [1.29, 1.82) is 0 Å². The van der Waals surface area contributed by atoms with Gasteiger partial charge < -0.3 is 4.74 Å². The van der Waals surface area contributed by atoms with Crippen LogP contribution in [0.5, 0.6) is 5.75 Å². The molecular weight excluding hydrogens is 257 g/mol. The van der Waals surface area contributed by atoms with Gasteiger partial charge in [-0.1, -0.05) is 11.6 Å². The van der Waals surface area contributed by atoms with Crippen LogP contribution in [0.3, 0.4) is 0 Å². The standard InChI is InChI=1S/C8H5ClF5NO/c1-16-3-2-15-6(9)5(8(12,13)14)4(3)7(10)11/h2,7H,1H3. The van der Waals surface area contributed by atoms with E-state index < -0.39 is 34.6 Å². The molecule has 0 aromatic carbocycles. The molecule has 1 rings (SSSR count). The summed E-state index contributed by atoms with van der Waals surface area (Å²) in [4.78, 5) is 3.15. The molecule has 90 valence electrons. The molecule has 0 saturated heterocycles. The summed E-state index contributed by atoms with van der Waals surface area (Å²) in [6.45, 7) is 0. The van der Waals surface area contributed by atoms with Gasteiger partial charge in [0.25, 0.3) is 6.43 Å². The van der Waals surface area contributed by atoms with E-state index in [1.54, 1.807) is 0 Å². The maximum Gasteiger partial charge on any atom is 0.419 e. The van der Waals surface area contributed by atoms with Crippen molar-refractivity contribution < 1.29 is 26.7 Å². The maximum absolute atomic E-state index is 12.5. The van der Waals surface area contributed by atoms with Gasteiger partial charge in [0.1, 0.15) is 16.5 Å². The summed E-state index contributed by atoms with van der Waals surface area (Å²) in [7, 11) is 0.969. The molecule has 0 spiro atoms. The quantitative estimate of drug-likeness (QED) is 0.598. The molecule has 0 saturated carbocycles. The Bertz CT molecular complexity index is 393. The summed E-state index contributed by atoms with van der Waals surface area (Å²) < 4.78 is 66.9. The van der Waals surface area contributed by atoms with Crippen LogP contribution in [-0.2, 0) is 6.18 Å². The highest BCUT2D eigenvalue weighted by molar-refractivity contribution is 6.30. The van der Waals surface area contributed by atoms with Crippen molar-refractivity contribution in [3.8, 4) is 5.75 Å². The number of aromatic nitrogens is 1. The van der Waals surface area contributed by atoms with Crippen molar-refractivity contribution >= 4 is 11.6 Å². The van der Waals surface area contributed by atoms with E-state index in [2.05, 4.69) is 9.72 Å². The first-order chi connectivity index (χ1) is 7.29.